The summed E-state index contributed by atoms with van der Waals surface area (Å²) >= 11 is 0. The molecule has 5 aromatic rings. The number of anilines is 1. The Balaban J connectivity index is 1.33. The third kappa shape index (κ3) is 9.57. The first kappa shape index (κ1) is 33.5. The molecule has 0 saturated heterocycles. The molecule has 9 heteroatoms. The number of carbonyl (C=O) groups excluding carboxylic acids is 2. The second kappa shape index (κ2) is 14.3. The average molecular weight is 651 g/mol. The highest BCUT2D eigenvalue weighted by Gasteiger charge is 2.22. The van der Waals surface area contributed by atoms with Crippen molar-refractivity contribution in [2.75, 3.05) is 11.1 Å². The molecule has 242 valence electrons. The van der Waals surface area contributed by atoms with Crippen LogP contribution in [0.1, 0.15) is 66.6 Å². The summed E-state index contributed by atoms with van der Waals surface area (Å²) in [6.45, 7) is 6.41. The molecule has 4 aromatic carbocycles. The number of fused-ring (bicyclic) bond motifs is 1. The summed E-state index contributed by atoms with van der Waals surface area (Å²) in [6, 6.07) is 29.9. The lowest BCUT2D eigenvalue weighted by Crippen LogP contribution is -2.23. The molecule has 0 radical (unpaired) electrons. The number of ketones is 1. The Hall–Kier alpha value is -4.86. The molecule has 1 heterocycles. The molecule has 2 N–H and O–H groups in total. The lowest BCUT2D eigenvalue weighted by atomic mass is 9.89. The Kier molecular flexibility index (Phi) is 10.2. The SMILES string of the molecule is CC(C)(C)/C=C/c1ccc(C(Cc2ccc(C(=O)CCCS(=O)(=O)O)cc2)C(=O)Nc2ccc(-c3nc4ccccc4o3)cc2)cc1. The van der Waals surface area contributed by atoms with Gasteiger partial charge in [-0.05, 0) is 71.3 Å². The maximum atomic E-state index is 13.8. The zero-order valence-electron chi connectivity index (χ0n) is 26.6. The highest BCUT2D eigenvalue weighted by molar-refractivity contribution is 7.85. The van der Waals surface area contributed by atoms with Gasteiger partial charge >= 0.3 is 0 Å². The van der Waals surface area contributed by atoms with Crippen LogP contribution in [0.25, 0.3) is 28.6 Å². The van der Waals surface area contributed by atoms with E-state index in [-0.39, 0.29) is 29.9 Å². The van der Waals surface area contributed by atoms with Crippen LogP contribution in [-0.4, -0.2) is 35.4 Å². The molecule has 1 unspecified atom stereocenters. The molecule has 0 aliphatic rings. The number of hydrogen-bond donors (Lipinski definition) is 2. The summed E-state index contributed by atoms with van der Waals surface area (Å²) in [5.74, 6) is -0.873. The summed E-state index contributed by atoms with van der Waals surface area (Å²) in [5, 5.41) is 3.06. The largest absolute Gasteiger partial charge is 0.436 e. The van der Waals surface area contributed by atoms with Gasteiger partial charge in [-0.3, -0.25) is 14.1 Å². The highest BCUT2D eigenvalue weighted by Crippen LogP contribution is 2.28. The van der Waals surface area contributed by atoms with Crippen molar-refractivity contribution in [1.29, 1.82) is 0 Å². The molecule has 1 amide bonds. The Morgan fingerprint density at radius 1 is 0.915 bits per heavy atom. The molecule has 47 heavy (non-hydrogen) atoms. The molecule has 5 rings (SSSR count). The summed E-state index contributed by atoms with van der Waals surface area (Å²) < 4.78 is 36.8. The predicted molar refractivity (Wildman–Crippen MR) is 186 cm³/mol. The van der Waals surface area contributed by atoms with Crippen LogP contribution in [0.15, 0.2) is 108 Å². The van der Waals surface area contributed by atoms with E-state index in [4.69, 9.17) is 8.97 Å². The van der Waals surface area contributed by atoms with Crippen LogP contribution in [-0.2, 0) is 21.3 Å². The fourth-order valence-corrected chi connectivity index (χ4v) is 5.60. The molecule has 8 nitrogen and oxygen atoms in total. The van der Waals surface area contributed by atoms with Crippen molar-refractivity contribution in [1.82, 2.24) is 4.98 Å². The van der Waals surface area contributed by atoms with E-state index in [0.717, 1.165) is 27.8 Å². The number of nitrogens with one attached hydrogen (secondary N) is 1. The van der Waals surface area contributed by atoms with Crippen LogP contribution < -0.4 is 5.32 Å². The van der Waals surface area contributed by atoms with Gasteiger partial charge in [0.15, 0.2) is 11.4 Å². The summed E-state index contributed by atoms with van der Waals surface area (Å²) in [7, 11) is -4.11. The van der Waals surface area contributed by atoms with Crippen LogP contribution in [0.2, 0.25) is 0 Å². The van der Waals surface area contributed by atoms with Gasteiger partial charge in [-0.15, -0.1) is 0 Å². The minimum Gasteiger partial charge on any atom is -0.436 e. The Labute approximate surface area is 275 Å². The number of Topliss-reactive ketones (excluding diaryl/α,β-unsaturated/α-hetero) is 1. The smallest absolute Gasteiger partial charge is 0.264 e. The van der Waals surface area contributed by atoms with E-state index in [1.54, 1.807) is 12.1 Å². The molecule has 0 bridgehead atoms. The standard InChI is InChI=1S/C38H38N2O6S/c1-38(2,3)23-22-26-10-14-28(15-11-26)32(25-27-12-16-29(17-13-27)34(41)8-6-24-47(43,44)45)36(42)39-31-20-18-30(19-21-31)37-40-33-7-4-5-9-35(33)46-37/h4-5,7,9-23,32H,6,8,24-25H2,1-3H3,(H,39,42)(H,43,44,45)/b23-22+. The third-order valence-corrected chi connectivity index (χ3v) is 8.45. The average Bonchev–Trinajstić information content (AvgIpc) is 3.47. The number of aromatic nitrogens is 1. The zero-order chi connectivity index (χ0) is 33.6. The van der Waals surface area contributed by atoms with E-state index in [0.29, 0.717) is 29.1 Å². The number of allylic oxidation sites excluding steroid dienone is 1. The van der Waals surface area contributed by atoms with Crippen LogP contribution in [0, 0.1) is 5.41 Å². The summed E-state index contributed by atoms with van der Waals surface area (Å²) in [6.07, 6.45) is 4.65. The van der Waals surface area contributed by atoms with E-state index in [1.807, 2.05) is 84.9 Å². The van der Waals surface area contributed by atoms with Crippen LogP contribution in [0.4, 0.5) is 5.69 Å². The van der Waals surface area contributed by atoms with Gasteiger partial charge in [-0.2, -0.15) is 8.42 Å². The summed E-state index contributed by atoms with van der Waals surface area (Å²) in [4.78, 5) is 30.9. The topological polar surface area (TPSA) is 127 Å². The highest BCUT2D eigenvalue weighted by atomic mass is 32.2. The van der Waals surface area contributed by atoms with E-state index in [9.17, 15) is 18.0 Å². The summed E-state index contributed by atoms with van der Waals surface area (Å²) in [5.41, 5.74) is 6.15. The molecule has 0 aliphatic heterocycles. The number of benzene rings is 4. The molecule has 0 spiro atoms. The Morgan fingerprint density at radius 2 is 1.60 bits per heavy atom. The number of nitrogens with zero attached hydrogens (tertiary/aromatic N) is 1. The van der Waals surface area contributed by atoms with Gasteiger partial charge < -0.3 is 9.73 Å². The van der Waals surface area contributed by atoms with Gasteiger partial charge in [-0.1, -0.05) is 93.6 Å². The van der Waals surface area contributed by atoms with E-state index >= 15 is 0 Å². The predicted octanol–water partition coefficient (Wildman–Crippen LogP) is 8.37. The molecule has 1 aromatic heterocycles. The van der Waals surface area contributed by atoms with Crippen LogP contribution >= 0.6 is 0 Å². The monoisotopic (exact) mass is 650 g/mol. The van der Waals surface area contributed by atoms with Crippen molar-refractivity contribution in [2.24, 2.45) is 5.41 Å². The molecule has 0 fully saturated rings. The minimum atomic E-state index is -4.11. The molecule has 0 aliphatic carbocycles. The fraction of sp³-hybridized carbons (Fsp3) is 0.237. The van der Waals surface area contributed by atoms with Gasteiger partial charge in [-0.25, -0.2) is 4.98 Å². The van der Waals surface area contributed by atoms with Crippen molar-refractivity contribution in [3.8, 4) is 11.5 Å². The normalized spacial score (nSPS) is 12.8. The third-order valence-electron chi connectivity index (χ3n) is 7.65. The number of rotatable bonds is 12. The number of para-hydroxylation sites is 2. The number of carbonyl (C=O) groups is 2. The molecular formula is C38H38N2O6S. The van der Waals surface area contributed by atoms with E-state index in [2.05, 4.69) is 43.2 Å². The van der Waals surface area contributed by atoms with Gasteiger partial charge in [0.25, 0.3) is 10.1 Å². The maximum absolute atomic E-state index is 13.8. The lowest BCUT2D eigenvalue weighted by Gasteiger charge is -2.18. The second-order valence-corrected chi connectivity index (χ2v) is 14.3. The van der Waals surface area contributed by atoms with Crippen molar-refractivity contribution in [3.05, 3.63) is 125 Å². The maximum Gasteiger partial charge on any atom is 0.264 e. The first-order valence-electron chi connectivity index (χ1n) is 15.5. The fourth-order valence-electron chi connectivity index (χ4n) is 5.09. The zero-order valence-corrected chi connectivity index (χ0v) is 27.5. The van der Waals surface area contributed by atoms with Gasteiger partial charge in [0.05, 0.1) is 11.7 Å². The van der Waals surface area contributed by atoms with Crippen molar-refractivity contribution in [3.63, 3.8) is 0 Å². The minimum absolute atomic E-state index is 0.00533. The van der Waals surface area contributed by atoms with Crippen LogP contribution in [0.5, 0.6) is 0 Å². The Morgan fingerprint density at radius 3 is 2.23 bits per heavy atom. The van der Waals surface area contributed by atoms with Gasteiger partial charge in [0.2, 0.25) is 11.8 Å². The number of oxazole rings is 1. The van der Waals surface area contributed by atoms with E-state index < -0.39 is 21.8 Å². The van der Waals surface area contributed by atoms with Gasteiger partial charge in [0.1, 0.15) is 5.52 Å². The molecule has 0 saturated carbocycles. The quantitative estimate of drug-likeness (QED) is 0.103. The first-order chi connectivity index (χ1) is 22.3. The molecular weight excluding hydrogens is 612 g/mol. The van der Waals surface area contributed by atoms with E-state index in [1.165, 1.54) is 0 Å². The van der Waals surface area contributed by atoms with Crippen molar-refractivity contribution in [2.45, 2.75) is 46.0 Å². The lowest BCUT2D eigenvalue weighted by molar-refractivity contribution is -0.117. The number of amides is 1. The Bertz CT molecular complexity index is 1950. The van der Waals surface area contributed by atoms with Crippen molar-refractivity contribution >= 4 is 44.7 Å². The number of hydrogen-bond acceptors (Lipinski definition) is 6. The first-order valence-corrected chi connectivity index (χ1v) is 17.1. The van der Waals surface area contributed by atoms with Crippen molar-refractivity contribution < 1.29 is 27.0 Å². The second-order valence-electron chi connectivity index (χ2n) is 12.7. The van der Waals surface area contributed by atoms with Crippen LogP contribution in [0.3, 0.4) is 0 Å². The molecule has 1 atom stereocenters. The van der Waals surface area contributed by atoms with Gasteiger partial charge in [0, 0.05) is 23.2 Å².